The Balaban J connectivity index is 1.65. The van der Waals surface area contributed by atoms with Gasteiger partial charge in [-0.15, -0.1) is 0 Å². The van der Waals surface area contributed by atoms with Gasteiger partial charge in [-0.3, -0.25) is 0 Å². The van der Waals surface area contributed by atoms with Crippen molar-refractivity contribution in [1.82, 2.24) is 20.2 Å². The van der Waals surface area contributed by atoms with Crippen LogP contribution in [0.15, 0.2) is 65.9 Å². The maximum absolute atomic E-state index is 5.42. The highest BCUT2D eigenvalue weighted by molar-refractivity contribution is 5.79. The molecule has 0 atom stereocenters. The van der Waals surface area contributed by atoms with Crippen molar-refractivity contribution in [3.05, 3.63) is 83.4 Å². The number of aliphatic imine (C=N–C) groups is 1. The summed E-state index contributed by atoms with van der Waals surface area (Å²) in [4.78, 5) is 9.03. The molecule has 1 aromatic heterocycles. The molecule has 2 N–H and O–H groups in total. The molecule has 0 radical (unpaired) electrons. The number of nitrogens with zero attached hydrogens (tertiary/aromatic N) is 3. The van der Waals surface area contributed by atoms with Gasteiger partial charge in [-0.1, -0.05) is 42.5 Å². The Morgan fingerprint density at radius 3 is 2.69 bits per heavy atom. The zero-order valence-electron chi connectivity index (χ0n) is 17.4. The number of guanidine groups is 1. The van der Waals surface area contributed by atoms with E-state index in [2.05, 4.69) is 57.4 Å². The van der Waals surface area contributed by atoms with Gasteiger partial charge in [0.2, 0.25) is 0 Å². The number of nitrogens with one attached hydrogen (secondary N) is 2. The fourth-order valence-corrected chi connectivity index (χ4v) is 3.13. The predicted molar refractivity (Wildman–Crippen MR) is 117 cm³/mol. The Labute approximate surface area is 172 Å². The van der Waals surface area contributed by atoms with Crippen molar-refractivity contribution in [2.45, 2.75) is 33.5 Å². The summed E-state index contributed by atoms with van der Waals surface area (Å²) < 4.78 is 7.56. The van der Waals surface area contributed by atoms with E-state index < -0.39 is 0 Å². The average Bonchev–Trinajstić information content (AvgIpc) is 3.15. The molecule has 3 aromatic rings. The summed E-state index contributed by atoms with van der Waals surface area (Å²) in [5, 5.41) is 6.69. The number of aryl methyl sites for hydroxylation is 1. The quantitative estimate of drug-likeness (QED) is 0.456. The Kier molecular flexibility index (Phi) is 7.28. The summed E-state index contributed by atoms with van der Waals surface area (Å²) in [5.41, 5.74) is 3.51. The molecule has 1 heterocycles. The third-order valence-electron chi connectivity index (χ3n) is 4.67. The number of methoxy groups -OCH3 is 1. The molecule has 29 heavy (non-hydrogen) atoms. The van der Waals surface area contributed by atoms with Crippen molar-refractivity contribution >= 4 is 5.96 Å². The lowest BCUT2D eigenvalue weighted by Gasteiger charge is -2.13. The summed E-state index contributed by atoms with van der Waals surface area (Å²) in [6.45, 7) is 6.96. The molecular formula is C23H29N5O. The van der Waals surface area contributed by atoms with Crippen molar-refractivity contribution in [2.75, 3.05) is 13.7 Å². The van der Waals surface area contributed by atoms with Gasteiger partial charge in [-0.25, -0.2) is 9.98 Å². The van der Waals surface area contributed by atoms with Crippen molar-refractivity contribution in [3.8, 4) is 5.75 Å². The highest BCUT2D eigenvalue weighted by Crippen LogP contribution is 2.16. The summed E-state index contributed by atoms with van der Waals surface area (Å²) >= 11 is 0. The second-order valence-corrected chi connectivity index (χ2v) is 6.78. The molecule has 6 heteroatoms. The fourth-order valence-electron chi connectivity index (χ4n) is 3.13. The Morgan fingerprint density at radius 2 is 1.93 bits per heavy atom. The number of benzene rings is 2. The van der Waals surface area contributed by atoms with Crippen LogP contribution in [-0.4, -0.2) is 29.2 Å². The van der Waals surface area contributed by atoms with Crippen LogP contribution in [0.4, 0.5) is 0 Å². The van der Waals surface area contributed by atoms with E-state index in [1.165, 1.54) is 11.1 Å². The second-order valence-electron chi connectivity index (χ2n) is 6.78. The molecule has 3 rings (SSSR count). The molecule has 0 bridgehead atoms. The molecule has 6 nitrogen and oxygen atoms in total. The van der Waals surface area contributed by atoms with Gasteiger partial charge in [0.15, 0.2) is 5.96 Å². The van der Waals surface area contributed by atoms with E-state index in [1.54, 1.807) is 7.11 Å². The Morgan fingerprint density at radius 1 is 1.10 bits per heavy atom. The third kappa shape index (κ3) is 5.85. The SMILES string of the molecule is CCNC(=NCc1cccc(Cn2ccnc2C)c1)NCc1ccccc1OC. The van der Waals surface area contributed by atoms with Crippen molar-refractivity contribution in [3.63, 3.8) is 0 Å². The summed E-state index contributed by atoms with van der Waals surface area (Å²) in [7, 11) is 1.69. The molecular weight excluding hydrogens is 362 g/mol. The zero-order valence-corrected chi connectivity index (χ0v) is 17.4. The normalized spacial score (nSPS) is 11.3. The monoisotopic (exact) mass is 391 g/mol. The standard InChI is InChI=1S/C23H29N5O/c1-4-24-23(27-16-21-10-5-6-11-22(21)29-3)26-15-19-8-7-9-20(14-19)17-28-13-12-25-18(28)2/h5-14H,4,15-17H2,1-3H3,(H2,24,26,27). The van der Waals surface area contributed by atoms with Crippen LogP contribution in [0.2, 0.25) is 0 Å². The summed E-state index contributed by atoms with van der Waals surface area (Å²) in [6, 6.07) is 16.5. The summed E-state index contributed by atoms with van der Waals surface area (Å²) in [6.07, 6.45) is 3.84. The van der Waals surface area contributed by atoms with Gasteiger partial charge in [0.1, 0.15) is 11.6 Å². The van der Waals surface area contributed by atoms with Crippen molar-refractivity contribution in [2.24, 2.45) is 4.99 Å². The van der Waals surface area contributed by atoms with Gasteiger partial charge in [-0.2, -0.15) is 0 Å². The molecule has 0 unspecified atom stereocenters. The molecule has 0 aliphatic rings. The summed E-state index contributed by atoms with van der Waals surface area (Å²) in [5.74, 6) is 2.68. The fraction of sp³-hybridized carbons (Fsp3) is 0.304. The minimum Gasteiger partial charge on any atom is -0.496 e. The smallest absolute Gasteiger partial charge is 0.191 e. The number of imidazole rings is 1. The number of hydrogen-bond donors (Lipinski definition) is 2. The highest BCUT2D eigenvalue weighted by atomic mass is 16.5. The van der Waals surface area contributed by atoms with Gasteiger partial charge >= 0.3 is 0 Å². The van der Waals surface area contributed by atoms with Crippen LogP contribution < -0.4 is 15.4 Å². The molecule has 0 fully saturated rings. The third-order valence-corrected chi connectivity index (χ3v) is 4.67. The molecule has 0 spiro atoms. The number of hydrogen-bond acceptors (Lipinski definition) is 3. The molecule has 152 valence electrons. The predicted octanol–water partition coefficient (Wildman–Crippen LogP) is 3.50. The van der Waals surface area contributed by atoms with Gasteiger partial charge in [-0.05, 0) is 31.0 Å². The average molecular weight is 392 g/mol. The highest BCUT2D eigenvalue weighted by Gasteiger charge is 2.04. The lowest BCUT2D eigenvalue weighted by atomic mass is 10.1. The van der Waals surface area contributed by atoms with Gasteiger partial charge in [0, 0.05) is 37.6 Å². The first-order valence-electron chi connectivity index (χ1n) is 9.89. The van der Waals surface area contributed by atoms with E-state index in [1.807, 2.05) is 37.5 Å². The van der Waals surface area contributed by atoms with Crippen LogP contribution in [0.3, 0.4) is 0 Å². The molecule has 2 aromatic carbocycles. The molecule has 0 aliphatic heterocycles. The number of ether oxygens (including phenoxy) is 1. The lowest BCUT2D eigenvalue weighted by Crippen LogP contribution is -2.36. The largest absolute Gasteiger partial charge is 0.496 e. The van der Waals surface area contributed by atoms with Gasteiger partial charge < -0.3 is 19.9 Å². The zero-order chi connectivity index (χ0) is 20.5. The Hall–Kier alpha value is -3.28. The maximum Gasteiger partial charge on any atom is 0.191 e. The molecule has 0 amide bonds. The number of rotatable bonds is 8. The lowest BCUT2D eigenvalue weighted by molar-refractivity contribution is 0.409. The first-order chi connectivity index (χ1) is 14.2. The van der Waals surface area contributed by atoms with Crippen molar-refractivity contribution in [1.29, 1.82) is 0 Å². The Bertz CT molecular complexity index is 948. The van der Waals surface area contributed by atoms with Crippen molar-refractivity contribution < 1.29 is 4.74 Å². The van der Waals surface area contributed by atoms with E-state index in [4.69, 9.17) is 9.73 Å². The number of para-hydroxylation sites is 1. The van der Waals surface area contributed by atoms with Crippen LogP contribution in [0.25, 0.3) is 0 Å². The minimum atomic E-state index is 0.609. The van der Waals surface area contributed by atoms with Gasteiger partial charge in [0.25, 0.3) is 0 Å². The molecule has 0 aliphatic carbocycles. The van der Waals surface area contributed by atoms with Crippen LogP contribution in [0, 0.1) is 6.92 Å². The first kappa shape index (κ1) is 20.5. The second kappa shape index (κ2) is 10.3. The van der Waals surface area contributed by atoms with Crippen LogP contribution >= 0.6 is 0 Å². The van der Waals surface area contributed by atoms with Crippen LogP contribution in [0.1, 0.15) is 29.4 Å². The van der Waals surface area contributed by atoms with Gasteiger partial charge in [0.05, 0.1) is 13.7 Å². The maximum atomic E-state index is 5.42. The number of aromatic nitrogens is 2. The van der Waals surface area contributed by atoms with E-state index >= 15 is 0 Å². The molecule has 0 saturated carbocycles. The van der Waals surface area contributed by atoms with E-state index in [0.29, 0.717) is 13.1 Å². The van der Waals surface area contributed by atoms with E-state index in [9.17, 15) is 0 Å². The van der Waals surface area contributed by atoms with E-state index in [-0.39, 0.29) is 0 Å². The van der Waals surface area contributed by atoms with E-state index in [0.717, 1.165) is 36.2 Å². The minimum absolute atomic E-state index is 0.609. The van der Waals surface area contributed by atoms with Crippen LogP contribution in [-0.2, 0) is 19.6 Å². The van der Waals surface area contributed by atoms with Crippen LogP contribution in [0.5, 0.6) is 5.75 Å². The topological polar surface area (TPSA) is 63.5 Å². The first-order valence-corrected chi connectivity index (χ1v) is 9.89. The molecule has 0 saturated heterocycles.